The minimum atomic E-state index is -1.05. The van der Waals surface area contributed by atoms with Crippen LogP contribution in [0.4, 0.5) is 4.79 Å². The fourth-order valence-electron chi connectivity index (χ4n) is 5.00. The van der Waals surface area contributed by atoms with E-state index < -0.39 is 65.7 Å². The van der Waals surface area contributed by atoms with E-state index in [1.807, 2.05) is 30.3 Å². The number of unbranched alkanes of at least 4 members (excludes halogenated alkanes) is 1. The summed E-state index contributed by atoms with van der Waals surface area (Å²) in [5.74, 6) is -1.60. The lowest BCUT2D eigenvalue weighted by Crippen LogP contribution is -2.52. The number of fused-ring (bicyclic) bond motifs is 1. The van der Waals surface area contributed by atoms with Gasteiger partial charge in [0.05, 0.1) is 13.2 Å². The Morgan fingerprint density at radius 2 is 1.88 bits per heavy atom. The highest BCUT2D eigenvalue weighted by molar-refractivity contribution is 5.75. The molecule has 1 amide bonds. The maximum Gasteiger partial charge on any atom is 0.407 e. The second-order valence-corrected chi connectivity index (χ2v) is 10.4. The van der Waals surface area contributed by atoms with Crippen molar-refractivity contribution in [2.75, 3.05) is 13.7 Å². The lowest BCUT2D eigenvalue weighted by atomic mass is 10.0. The largest absolute Gasteiger partial charge is 0.468 e. The van der Waals surface area contributed by atoms with Gasteiger partial charge in [0.2, 0.25) is 0 Å². The summed E-state index contributed by atoms with van der Waals surface area (Å²) in [6, 6.07) is 10.7. The molecule has 0 spiro atoms. The Hall–Kier alpha value is -4.03. The Morgan fingerprint density at radius 1 is 1.14 bits per heavy atom. The van der Waals surface area contributed by atoms with Gasteiger partial charge in [0.15, 0.2) is 12.0 Å². The molecule has 2 saturated heterocycles. The van der Waals surface area contributed by atoms with E-state index in [1.54, 1.807) is 13.8 Å². The highest BCUT2D eigenvalue weighted by Crippen LogP contribution is 2.43. The van der Waals surface area contributed by atoms with Gasteiger partial charge in [0.1, 0.15) is 37.0 Å². The summed E-state index contributed by atoms with van der Waals surface area (Å²) in [7, 11) is 1.25. The fraction of sp³-hybridized carbons (Fsp3) is 0.536. The number of esters is 1. The van der Waals surface area contributed by atoms with Gasteiger partial charge in [0.25, 0.3) is 5.56 Å². The summed E-state index contributed by atoms with van der Waals surface area (Å²) < 4.78 is 29.5. The van der Waals surface area contributed by atoms with Crippen LogP contribution in [-0.2, 0) is 35.1 Å². The Bertz CT molecular complexity index is 1390. The minimum absolute atomic E-state index is 0.158. The van der Waals surface area contributed by atoms with Crippen LogP contribution >= 0.6 is 0 Å². The van der Waals surface area contributed by atoms with Crippen molar-refractivity contribution in [2.24, 2.45) is 0 Å². The number of hydrogen-bond acceptors (Lipinski definition) is 11. The van der Waals surface area contributed by atoms with Crippen LogP contribution in [0.1, 0.15) is 44.9 Å². The molecule has 1 aromatic carbocycles. The van der Waals surface area contributed by atoms with E-state index in [0.29, 0.717) is 25.8 Å². The summed E-state index contributed by atoms with van der Waals surface area (Å²) in [5.41, 5.74) is -0.394. The molecule has 0 unspecified atom stereocenters. The molecule has 14 nitrogen and oxygen atoms in total. The maximum atomic E-state index is 12.6. The Morgan fingerprint density at radius 3 is 2.57 bits per heavy atom. The van der Waals surface area contributed by atoms with Gasteiger partial charge in [0, 0.05) is 18.8 Å². The number of aromatic nitrogens is 2. The molecule has 42 heavy (non-hydrogen) atoms. The molecule has 2 fully saturated rings. The molecule has 2 aliphatic rings. The van der Waals surface area contributed by atoms with Crippen molar-refractivity contribution < 1.29 is 33.3 Å². The second-order valence-electron chi connectivity index (χ2n) is 10.4. The molecule has 14 heteroatoms. The van der Waals surface area contributed by atoms with Gasteiger partial charge in [-0.1, -0.05) is 30.3 Å². The van der Waals surface area contributed by atoms with Gasteiger partial charge in [-0.05, 0) is 38.7 Å². The van der Waals surface area contributed by atoms with Crippen LogP contribution in [0.5, 0.6) is 0 Å². The van der Waals surface area contributed by atoms with Crippen molar-refractivity contribution in [3.05, 3.63) is 69.0 Å². The number of carbonyl (C=O) groups is 2. The van der Waals surface area contributed by atoms with E-state index in [4.69, 9.17) is 23.7 Å². The van der Waals surface area contributed by atoms with Gasteiger partial charge < -0.3 is 29.0 Å². The number of nitriles is 1. The zero-order chi connectivity index (χ0) is 30.3. The van der Waals surface area contributed by atoms with Crippen LogP contribution in [0.3, 0.4) is 0 Å². The normalized spacial score (nSPS) is 23.8. The second kappa shape index (κ2) is 13.8. The van der Waals surface area contributed by atoms with E-state index in [0.717, 1.165) is 5.56 Å². The van der Waals surface area contributed by atoms with Gasteiger partial charge in [-0.3, -0.25) is 24.5 Å². The number of alkyl carbamates (subject to hydrolysis) is 1. The first-order valence-electron chi connectivity index (χ1n) is 13.6. The highest BCUT2D eigenvalue weighted by Gasteiger charge is 2.58. The number of ether oxygens (including phenoxy) is 5. The number of hydrogen-bond donors (Lipinski definition) is 3. The van der Waals surface area contributed by atoms with Crippen LogP contribution in [0.15, 0.2) is 52.2 Å². The first kappa shape index (κ1) is 30.9. The number of nitrogens with zero attached hydrogens (tertiary/aromatic N) is 2. The average molecular weight is 586 g/mol. The van der Waals surface area contributed by atoms with Gasteiger partial charge in [-0.2, -0.15) is 5.26 Å². The Kier molecular flexibility index (Phi) is 10.1. The molecule has 6 atom stereocenters. The molecule has 0 aliphatic carbocycles. The van der Waals surface area contributed by atoms with E-state index in [2.05, 4.69) is 21.7 Å². The average Bonchev–Trinajstić information content (AvgIpc) is 3.46. The zero-order valence-electron chi connectivity index (χ0n) is 23.6. The van der Waals surface area contributed by atoms with Gasteiger partial charge >= 0.3 is 17.8 Å². The summed E-state index contributed by atoms with van der Waals surface area (Å²) in [4.78, 5) is 50.8. The molecule has 0 saturated carbocycles. The molecule has 1 aromatic heterocycles. The van der Waals surface area contributed by atoms with Crippen molar-refractivity contribution >= 4 is 12.1 Å². The Labute approximate surface area is 241 Å². The van der Waals surface area contributed by atoms with Crippen molar-refractivity contribution in [3.63, 3.8) is 0 Å². The zero-order valence-corrected chi connectivity index (χ0v) is 23.6. The number of carbonyl (C=O) groups excluding carboxylic acids is 2. The molecule has 3 N–H and O–H groups in total. The lowest BCUT2D eigenvalue weighted by molar-refractivity contribution is -0.199. The minimum Gasteiger partial charge on any atom is -0.468 e. The van der Waals surface area contributed by atoms with Crippen LogP contribution in [0.25, 0.3) is 0 Å². The monoisotopic (exact) mass is 585 g/mol. The van der Waals surface area contributed by atoms with E-state index >= 15 is 0 Å². The molecule has 226 valence electrons. The van der Waals surface area contributed by atoms with E-state index in [9.17, 15) is 24.4 Å². The number of rotatable bonds is 12. The SMILES string of the molecule is COC(=O)[C@H](CCCCNC(=O)OCc1ccccc1)N[C@H](C#N)[C@H]1O[C@@H](n2ccc(=O)[nH]c2=O)[C@@H]2OC(C)(C)O[C@@H]21. The van der Waals surface area contributed by atoms with Crippen LogP contribution in [0.2, 0.25) is 0 Å². The third kappa shape index (κ3) is 7.62. The smallest absolute Gasteiger partial charge is 0.407 e. The fourth-order valence-corrected chi connectivity index (χ4v) is 5.00. The van der Waals surface area contributed by atoms with Crippen molar-refractivity contribution in [1.29, 1.82) is 5.26 Å². The third-order valence-electron chi connectivity index (χ3n) is 6.93. The van der Waals surface area contributed by atoms with E-state index in [1.165, 1.54) is 23.9 Å². The molecule has 4 rings (SSSR count). The van der Waals surface area contributed by atoms with E-state index in [-0.39, 0.29) is 6.61 Å². The predicted octanol–water partition coefficient (Wildman–Crippen LogP) is 1.07. The number of amides is 1. The standard InChI is InChI=1S/C28H35N5O9/c1-28(2)41-22-21(40-24(23(22)42-28)33-14-12-20(34)32-26(33)36)19(15-29)31-18(25(35)38-3)11-7-8-13-30-27(37)39-16-17-9-5-4-6-10-17/h4-6,9-10,12,14,18-19,21-24,31H,7-8,11,13,16H2,1-3H3,(H,30,37)(H,32,34,36)/t18-,19+,21+,22+,23+,24+/m0/s1. The number of aromatic amines is 1. The number of benzene rings is 1. The van der Waals surface area contributed by atoms with Crippen LogP contribution in [-0.4, -0.2) is 71.5 Å². The number of H-pyrrole nitrogens is 1. The molecular weight excluding hydrogens is 550 g/mol. The third-order valence-corrected chi connectivity index (χ3v) is 6.93. The summed E-state index contributed by atoms with van der Waals surface area (Å²) in [6.07, 6.45) is -1.34. The molecule has 3 heterocycles. The first-order valence-corrected chi connectivity index (χ1v) is 13.6. The van der Waals surface area contributed by atoms with Crippen molar-refractivity contribution in [1.82, 2.24) is 20.2 Å². The quantitative estimate of drug-likeness (QED) is 0.239. The molecule has 0 radical (unpaired) electrons. The Balaban J connectivity index is 1.35. The number of nitrogens with one attached hydrogen (secondary N) is 3. The highest BCUT2D eigenvalue weighted by atomic mass is 16.8. The maximum absolute atomic E-state index is 12.6. The summed E-state index contributed by atoms with van der Waals surface area (Å²) in [5, 5.41) is 15.8. The molecule has 0 bridgehead atoms. The molecule has 2 aromatic rings. The van der Waals surface area contributed by atoms with Gasteiger partial charge in [-0.25, -0.2) is 9.59 Å². The van der Waals surface area contributed by atoms with Gasteiger partial charge in [-0.15, -0.1) is 0 Å². The lowest BCUT2D eigenvalue weighted by Gasteiger charge is -2.28. The van der Waals surface area contributed by atoms with Crippen molar-refractivity contribution in [3.8, 4) is 6.07 Å². The molecular formula is C28H35N5O9. The molecule has 2 aliphatic heterocycles. The topological polar surface area (TPSA) is 183 Å². The van der Waals surface area contributed by atoms with Crippen LogP contribution in [0, 0.1) is 11.3 Å². The van der Waals surface area contributed by atoms with Crippen molar-refractivity contribution in [2.45, 2.75) is 82.1 Å². The first-order chi connectivity index (χ1) is 20.1. The van der Waals surface area contributed by atoms with Crippen LogP contribution < -0.4 is 21.9 Å². The predicted molar refractivity (Wildman–Crippen MR) is 146 cm³/mol. The number of methoxy groups -OCH3 is 1. The summed E-state index contributed by atoms with van der Waals surface area (Å²) >= 11 is 0. The summed E-state index contributed by atoms with van der Waals surface area (Å²) in [6.45, 7) is 3.89.